The number of fused-ring (bicyclic) bond motifs is 1. The molecule has 2 amide bonds. The number of para-hydroxylation sites is 1. The molecule has 6 nitrogen and oxygen atoms in total. The van der Waals surface area contributed by atoms with Crippen LogP contribution < -0.4 is 19.7 Å². The predicted molar refractivity (Wildman–Crippen MR) is 109 cm³/mol. The first-order valence-corrected chi connectivity index (χ1v) is 9.01. The quantitative estimate of drug-likeness (QED) is 0.799. The Hall–Kier alpha value is -3.28. The Morgan fingerprint density at radius 1 is 1.32 bits per heavy atom. The molecule has 0 radical (unpaired) electrons. The first-order valence-electron chi connectivity index (χ1n) is 9.01. The van der Waals surface area contributed by atoms with Crippen LogP contribution >= 0.6 is 0 Å². The summed E-state index contributed by atoms with van der Waals surface area (Å²) < 4.78 is 11.1. The van der Waals surface area contributed by atoms with E-state index in [1.165, 1.54) is 7.11 Å². The van der Waals surface area contributed by atoms with Crippen LogP contribution in [-0.2, 0) is 4.79 Å². The van der Waals surface area contributed by atoms with E-state index in [2.05, 4.69) is 11.9 Å². The van der Waals surface area contributed by atoms with Gasteiger partial charge in [0.15, 0.2) is 0 Å². The van der Waals surface area contributed by atoms with Gasteiger partial charge in [-0.05, 0) is 44.2 Å². The highest BCUT2D eigenvalue weighted by molar-refractivity contribution is 6.07. The van der Waals surface area contributed by atoms with Gasteiger partial charge in [0.05, 0.1) is 23.8 Å². The van der Waals surface area contributed by atoms with Gasteiger partial charge >= 0.3 is 0 Å². The van der Waals surface area contributed by atoms with Gasteiger partial charge in [-0.15, -0.1) is 6.58 Å². The smallest absolute Gasteiger partial charge is 0.259 e. The average molecular weight is 380 g/mol. The summed E-state index contributed by atoms with van der Waals surface area (Å²) in [6, 6.07) is 12.2. The summed E-state index contributed by atoms with van der Waals surface area (Å²) in [4.78, 5) is 27.3. The Balaban J connectivity index is 1.94. The number of hydrogen-bond donors (Lipinski definition) is 1. The Kier molecular flexibility index (Phi) is 5.40. The number of hydrogen-bond acceptors (Lipinski definition) is 4. The second-order valence-corrected chi connectivity index (χ2v) is 7.21. The molecule has 146 valence electrons. The highest BCUT2D eigenvalue weighted by Gasteiger charge is 2.37. The minimum Gasteiger partial charge on any atom is -0.496 e. The summed E-state index contributed by atoms with van der Waals surface area (Å²) >= 11 is 0. The third kappa shape index (κ3) is 3.71. The summed E-state index contributed by atoms with van der Waals surface area (Å²) in [6.45, 7) is 8.08. The van der Waals surface area contributed by atoms with Crippen molar-refractivity contribution in [1.29, 1.82) is 0 Å². The lowest BCUT2D eigenvalue weighted by atomic mass is 9.93. The van der Waals surface area contributed by atoms with Crippen LogP contribution in [0.2, 0.25) is 0 Å². The van der Waals surface area contributed by atoms with Gasteiger partial charge in [-0.1, -0.05) is 18.2 Å². The molecule has 0 aliphatic carbocycles. The number of benzene rings is 2. The number of carbonyl (C=O) groups excluding carboxylic acids is 2. The SMILES string of the molecule is C=CCN1C(=O)C(C)(C)COc2ccc(NC(=O)c3ccccc3OC)cc21. The van der Waals surface area contributed by atoms with Gasteiger partial charge in [-0.3, -0.25) is 9.59 Å². The molecule has 0 bridgehead atoms. The summed E-state index contributed by atoms with van der Waals surface area (Å²) in [5.74, 6) is 0.729. The number of nitrogens with one attached hydrogen (secondary N) is 1. The van der Waals surface area contributed by atoms with Crippen molar-refractivity contribution in [3.05, 3.63) is 60.7 Å². The van der Waals surface area contributed by atoms with E-state index >= 15 is 0 Å². The molecule has 0 atom stereocenters. The molecule has 0 spiro atoms. The molecule has 0 fully saturated rings. The van der Waals surface area contributed by atoms with Gasteiger partial charge in [0, 0.05) is 12.2 Å². The maximum atomic E-state index is 13.0. The first-order chi connectivity index (χ1) is 13.4. The van der Waals surface area contributed by atoms with Crippen LogP contribution in [0.15, 0.2) is 55.1 Å². The van der Waals surface area contributed by atoms with Crippen molar-refractivity contribution in [3.8, 4) is 11.5 Å². The van der Waals surface area contributed by atoms with Gasteiger partial charge in [0.1, 0.15) is 18.1 Å². The molecule has 1 aliphatic rings. The van der Waals surface area contributed by atoms with Crippen LogP contribution in [0.1, 0.15) is 24.2 Å². The lowest BCUT2D eigenvalue weighted by Crippen LogP contribution is -2.42. The number of rotatable bonds is 5. The molecule has 0 unspecified atom stereocenters. The molecule has 2 aromatic carbocycles. The van der Waals surface area contributed by atoms with E-state index < -0.39 is 5.41 Å². The van der Waals surface area contributed by atoms with Crippen molar-refractivity contribution in [2.75, 3.05) is 30.5 Å². The zero-order valence-corrected chi connectivity index (χ0v) is 16.3. The molecule has 1 N–H and O–H groups in total. The van der Waals surface area contributed by atoms with E-state index in [1.807, 2.05) is 13.8 Å². The molecule has 28 heavy (non-hydrogen) atoms. The van der Waals surface area contributed by atoms with Crippen LogP contribution in [0.5, 0.6) is 11.5 Å². The molecule has 2 aromatic rings. The zero-order valence-electron chi connectivity index (χ0n) is 16.3. The first kappa shape index (κ1) is 19.5. The number of ether oxygens (including phenoxy) is 2. The van der Waals surface area contributed by atoms with Crippen LogP contribution in [-0.4, -0.2) is 32.1 Å². The number of nitrogens with zero attached hydrogens (tertiary/aromatic N) is 1. The van der Waals surface area contributed by atoms with E-state index in [-0.39, 0.29) is 18.4 Å². The van der Waals surface area contributed by atoms with E-state index in [4.69, 9.17) is 9.47 Å². The summed E-state index contributed by atoms with van der Waals surface area (Å²) in [6.07, 6.45) is 1.67. The molecule has 6 heteroatoms. The highest BCUT2D eigenvalue weighted by atomic mass is 16.5. The van der Waals surface area contributed by atoms with E-state index in [0.29, 0.717) is 35.0 Å². The molecule has 1 heterocycles. The summed E-state index contributed by atoms with van der Waals surface area (Å²) in [5, 5.41) is 2.86. The van der Waals surface area contributed by atoms with Crippen molar-refractivity contribution in [1.82, 2.24) is 0 Å². The van der Waals surface area contributed by atoms with Crippen LogP contribution in [0.3, 0.4) is 0 Å². The minimum atomic E-state index is -0.664. The third-order valence-corrected chi connectivity index (χ3v) is 4.58. The fraction of sp³-hybridized carbons (Fsp3) is 0.273. The zero-order chi connectivity index (χ0) is 20.3. The Labute approximate surface area is 164 Å². The van der Waals surface area contributed by atoms with Crippen LogP contribution in [0.4, 0.5) is 11.4 Å². The molecule has 0 saturated heterocycles. The van der Waals surface area contributed by atoms with Gasteiger partial charge < -0.3 is 19.7 Å². The van der Waals surface area contributed by atoms with Crippen molar-refractivity contribution in [2.24, 2.45) is 5.41 Å². The van der Waals surface area contributed by atoms with Crippen molar-refractivity contribution in [2.45, 2.75) is 13.8 Å². The number of carbonyl (C=O) groups is 2. The molecule has 0 saturated carbocycles. The number of methoxy groups -OCH3 is 1. The molecule has 3 rings (SSSR count). The maximum absolute atomic E-state index is 13.0. The largest absolute Gasteiger partial charge is 0.496 e. The third-order valence-electron chi connectivity index (χ3n) is 4.58. The van der Waals surface area contributed by atoms with Gasteiger partial charge in [-0.2, -0.15) is 0 Å². The van der Waals surface area contributed by atoms with E-state index in [0.717, 1.165) is 0 Å². The second-order valence-electron chi connectivity index (χ2n) is 7.21. The van der Waals surface area contributed by atoms with E-state index in [1.54, 1.807) is 53.4 Å². The standard InChI is InChI=1S/C22H24N2O4/c1-5-12-24-17-13-15(10-11-19(17)28-14-22(2,3)21(24)26)23-20(25)16-8-6-7-9-18(16)27-4/h5-11,13H,1,12,14H2,2-4H3,(H,23,25). The fourth-order valence-electron chi connectivity index (χ4n) is 3.06. The Bertz CT molecular complexity index is 921. The van der Waals surface area contributed by atoms with Crippen molar-refractivity contribution in [3.63, 3.8) is 0 Å². The normalized spacial score (nSPS) is 15.1. The Morgan fingerprint density at radius 2 is 2.07 bits per heavy atom. The lowest BCUT2D eigenvalue weighted by molar-refractivity contribution is -0.127. The van der Waals surface area contributed by atoms with Crippen molar-refractivity contribution >= 4 is 23.2 Å². The van der Waals surface area contributed by atoms with Gasteiger partial charge in [-0.25, -0.2) is 0 Å². The molecule has 0 aromatic heterocycles. The molecular formula is C22H24N2O4. The molecular weight excluding hydrogens is 356 g/mol. The summed E-state index contributed by atoms with van der Waals surface area (Å²) in [7, 11) is 1.52. The predicted octanol–water partition coefficient (Wildman–Crippen LogP) is 3.89. The highest BCUT2D eigenvalue weighted by Crippen LogP contribution is 2.38. The van der Waals surface area contributed by atoms with E-state index in [9.17, 15) is 9.59 Å². The summed E-state index contributed by atoms with van der Waals surface area (Å²) in [5.41, 5.74) is 0.924. The topological polar surface area (TPSA) is 67.9 Å². The average Bonchev–Trinajstić information content (AvgIpc) is 2.78. The van der Waals surface area contributed by atoms with Gasteiger partial charge in [0.25, 0.3) is 5.91 Å². The second kappa shape index (κ2) is 7.76. The number of amides is 2. The van der Waals surface area contributed by atoms with Crippen molar-refractivity contribution < 1.29 is 19.1 Å². The minimum absolute atomic E-state index is 0.0562. The van der Waals surface area contributed by atoms with Gasteiger partial charge in [0.2, 0.25) is 5.91 Å². The maximum Gasteiger partial charge on any atom is 0.259 e. The van der Waals surface area contributed by atoms with Crippen LogP contribution in [0.25, 0.3) is 0 Å². The fourth-order valence-corrected chi connectivity index (χ4v) is 3.06. The van der Waals surface area contributed by atoms with Crippen LogP contribution in [0, 0.1) is 5.41 Å². The molecule has 1 aliphatic heterocycles. The monoisotopic (exact) mass is 380 g/mol. The number of anilines is 2. The Morgan fingerprint density at radius 3 is 2.79 bits per heavy atom. The lowest BCUT2D eigenvalue weighted by Gasteiger charge is -2.27.